The number of carbonyl (C=O) groups is 1. The molecular formula is C15H17NOS. The molecule has 0 atom stereocenters. The summed E-state index contributed by atoms with van der Waals surface area (Å²) in [6, 6.07) is 8.06. The molecule has 1 saturated carbocycles. The largest absolute Gasteiger partial charge is 0.329 e. The van der Waals surface area contributed by atoms with Crippen molar-refractivity contribution in [2.24, 2.45) is 11.1 Å². The monoisotopic (exact) mass is 259 g/mol. The lowest BCUT2D eigenvalue weighted by atomic mass is 9.78. The molecule has 0 unspecified atom stereocenters. The molecule has 1 fully saturated rings. The number of benzene rings is 1. The highest BCUT2D eigenvalue weighted by Gasteiger charge is 2.40. The summed E-state index contributed by atoms with van der Waals surface area (Å²) in [5.41, 5.74) is 6.49. The lowest BCUT2D eigenvalue weighted by Crippen LogP contribution is -2.36. The molecule has 0 radical (unpaired) electrons. The third kappa shape index (κ3) is 1.70. The molecule has 1 aromatic carbocycles. The highest BCUT2D eigenvalue weighted by molar-refractivity contribution is 7.17. The van der Waals surface area contributed by atoms with E-state index in [0.717, 1.165) is 41.3 Å². The second-order valence-corrected chi connectivity index (χ2v) is 6.08. The summed E-state index contributed by atoms with van der Waals surface area (Å²) in [5, 5.41) is 3.21. The molecule has 0 aliphatic heterocycles. The van der Waals surface area contributed by atoms with Crippen LogP contribution in [-0.4, -0.2) is 12.3 Å². The van der Waals surface area contributed by atoms with E-state index in [1.165, 1.54) is 0 Å². The molecule has 3 rings (SSSR count). The van der Waals surface area contributed by atoms with Crippen LogP contribution in [-0.2, 0) is 0 Å². The van der Waals surface area contributed by atoms with Crippen molar-refractivity contribution in [1.29, 1.82) is 0 Å². The van der Waals surface area contributed by atoms with Crippen LogP contribution in [0, 0.1) is 5.41 Å². The fourth-order valence-electron chi connectivity index (χ4n) is 3.03. The number of hydrogen-bond donors (Lipinski definition) is 1. The zero-order valence-electron chi connectivity index (χ0n) is 10.3. The lowest BCUT2D eigenvalue weighted by molar-refractivity contribution is 0.0812. The number of Topliss-reactive ketones (excluding diaryl/α,β-unsaturated/α-hetero) is 1. The average molecular weight is 259 g/mol. The van der Waals surface area contributed by atoms with Gasteiger partial charge in [-0.25, -0.2) is 0 Å². The van der Waals surface area contributed by atoms with Crippen LogP contribution >= 0.6 is 11.3 Å². The highest BCUT2D eigenvalue weighted by Crippen LogP contribution is 2.41. The van der Waals surface area contributed by atoms with Crippen molar-refractivity contribution in [3.8, 4) is 0 Å². The van der Waals surface area contributed by atoms with Gasteiger partial charge in [0, 0.05) is 22.2 Å². The van der Waals surface area contributed by atoms with Gasteiger partial charge in [0.05, 0.1) is 0 Å². The number of thiophene rings is 1. The predicted octanol–water partition coefficient (Wildman–Crippen LogP) is 3.60. The first-order valence-corrected chi connectivity index (χ1v) is 7.36. The minimum Gasteiger partial charge on any atom is -0.329 e. The maximum absolute atomic E-state index is 12.8. The zero-order valence-corrected chi connectivity index (χ0v) is 11.1. The normalized spacial score (nSPS) is 18.3. The summed E-state index contributed by atoms with van der Waals surface area (Å²) in [7, 11) is 0. The number of ketones is 1. The molecule has 0 saturated heterocycles. The summed E-state index contributed by atoms with van der Waals surface area (Å²) in [6.45, 7) is 0.480. The smallest absolute Gasteiger partial charge is 0.171 e. The van der Waals surface area contributed by atoms with Crippen molar-refractivity contribution in [2.45, 2.75) is 25.7 Å². The molecule has 18 heavy (non-hydrogen) atoms. The van der Waals surface area contributed by atoms with E-state index in [2.05, 4.69) is 12.1 Å². The van der Waals surface area contributed by atoms with Crippen LogP contribution in [0.15, 0.2) is 29.6 Å². The Bertz CT molecular complexity index is 581. The summed E-state index contributed by atoms with van der Waals surface area (Å²) in [6.07, 6.45) is 4.15. The summed E-state index contributed by atoms with van der Waals surface area (Å²) < 4.78 is 1.11. The molecule has 2 N–H and O–H groups in total. The van der Waals surface area contributed by atoms with Crippen molar-refractivity contribution in [1.82, 2.24) is 0 Å². The molecule has 1 aliphatic rings. The second kappa shape index (κ2) is 4.48. The molecule has 0 amide bonds. The van der Waals surface area contributed by atoms with Crippen LogP contribution in [0.5, 0.6) is 0 Å². The average Bonchev–Trinajstić information content (AvgIpc) is 3.06. The molecule has 3 heteroatoms. The molecule has 1 aliphatic carbocycles. The Balaban J connectivity index is 2.09. The maximum Gasteiger partial charge on any atom is 0.171 e. The Kier molecular flexibility index (Phi) is 2.96. The summed E-state index contributed by atoms with van der Waals surface area (Å²) in [4.78, 5) is 12.8. The molecule has 2 aromatic rings. The van der Waals surface area contributed by atoms with Gasteiger partial charge in [-0.1, -0.05) is 25.0 Å². The van der Waals surface area contributed by atoms with Gasteiger partial charge >= 0.3 is 0 Å². The third-order valence-corrected chi connectivity index (χ3v) is 5.12. The van der Waals surface area contributed by atoms with E-state index in [4.69, 9.17) is 5.73 Å². The lowest BCUT2D eigenvalue weighted by Gasteiger charge is -2.25. The predicted molar refractivity (Wildman–Crippen MR) is 76.1 cm³/mol. The van der Waals surface area contributed by atoms with Crippen LogP contribution in [0.4, 0.5) is 0 Å². The van der Waals surface area contributed by atoms with Gasteiger partial charge in [0.25, 0.3) is 0 Å². The number of carbonyl (C=O) groups excluding carboxylic acids is 1. The van der Waals surface area contributed by atoms with E-state index in [9.17, 15) is 4.79 Å². The van der Waals surface area contributed by atoms with Crippen LogP contribution in [0.2, 0.25) is 0 Å². The van der Waals surface area contributed by atoms with Gasteiger partial charge < -0.3 is 5.73 Å². The highest BCUT2D eigenvalue weighted by atomic mass is 32.1. The molecule has 0 bridgehead atoms. The van der Waals surface area contributed by atoms with E-state index in [1.54, 1.807) is 11.3 Å². The van der Waals surface area contributed by atoms with Gasteiger partial charge in [-0.3, -0.25) is 4.79 Å². The van der Waals surface area contributed by atoms with Crippen LogP contribution in [0.25, 0.3) is 10.1 Å². The Morgan fingerprint density at radius 1 is 1.28 bits per heavy atom. The quantitative estimate of drug-likeness (QED) is 0.856. The fourth-order valence-corrected chi connectivity index (χ4v) is 3.94. The van der Waals surface area contributed by atoms with Gasteiger partial charge in [-0.05, 0) is 35.7 Å². The van der Waals surface area contributed by atoms with Crippen molar-refractivity contribution in [3.05, 3.63) is 35.2 Å². The number of fused-ring (bicyclic) bond motifs is 1. The van der Waals surface area contributed by atoms with E-state index in [-0.39, 0.29) is 11.2 Å². The third-order valence-electron chi connectivity index (χ3n) is 4.16. The molecule has 2 nitrogen and oxygen atoms in total. The minimum atomic E-state index is -0.293. The second-order valence-electron chi connectivity index (χ2n) is 5.17. The molecule has 0 spiro atoms. The van der Waals surface area contributed by atoms with Crippen LogP contribution in [0.3, 0.4) is 0 Å². The maximum atomic E-state index is 12.8. The Labute approximate surface area is 111 Å². The number of nitrogens with two attached hydrogens (primary N) is 1. The summed E-state index contributed by atoms with van der Waals surface area (Å²) in [5.74, 6) is 0.260. The van der Waals surface area contributed by atoms with E-state index < -0.39 is 0 Å². The van der Waals surface area contributed by atoms with Gasteiger partial charge in [0.15, 0.2) is 5.78 Å². The Morgan fingerprint density at radius 2 is 2.06 bits per heavy atom. The topological polar surface area (TPSA) is 43.1 Å². The standard InChI is InChI=1S/C15H17NOS/c16-10-15(7-1-2-8-15)14(17)12-5-3-4-11-6-9-18-13(11)12/h3-6,9H,1-2,7-8,10,16H2. The van der Waals surface area contributed by atoms with Crippen LogP contribution in [0.1, 0.15) is 36.0 Å². The van der Waals surface area contributed by atoms with Gasteiger partial charge in [0.2, 0.25) is 0 Å². The van der Waals surface area contributed by atoms with Gasteiger partial charge in [-0.15, -0.1) is 11.3 Å². The zero-order chi connectivity index (χ0) is 12.6. The van der Waals surface area contributed by atoms with E-state index in [1.807, 2.05) is 17.5 Å². The molecule has 1 heterocycles. The Morgan fingerprint density at radius 3 is 2.78 bits per heavy atom. The van der Waals surface area contributed by atoms with Gasteiger partial charge in [0.1, 0.15) is 0 Å². The first kappa shape index (κ1) is 11.9. The van der Waals surface area contributed by atoms with Crippen molar-refractivity contribution < 1.29 is 4.79 Å². The van der Waals surface area contributed by atoms with Gasteiger partial charge in [-0.2, -0.15) is 0 Å². The van der Waals surface area contributed by atoms with E-state index >= 15 is 0 Å². The SMILES string of the molecule is NCC1(C(=O)c2cccc3ccsc23)CCCC1. The summed E-state index contributed by atoms with van der Waals surface area (Å²) >= 11 is 1.65. The number of rotatable bonds is 3. The van der Waals surface area contributed by atoms with Crippen molar-refractivity contribution in [3.63, 3.8) is 0 Å². The molecule has 94 valence electrons. The molecule has 1 aromatic heterocycles. The molecular weight excluding hydrogens is 242 g/mol. The van der Waals surface area contributed by atoms with Crippen molar-refractivity contribution in [2.75, 3.05) is 6.54 Å². The van der Waals surface area contributed by atoms with Crippen LogP contribution < -0.4 is 5.73 Å². The first-order chi connectivity index (χ1) is 8.77. The first-order valence-electron chi connectivity index (χ1n) is 6.48. The Hall–Kier alpha value is -1.19. The minimum absolute atomic E-state index is 0.260. The van der Waals surface area contributed by atoms with E-state index in [0.29, 0.717) is 6.54 Å². The number of hydrogen-bond acceptors (Lipinski definition) is 3. The van der Waals surface area contributed by atoms with Crippen molar-refractivity contribution >= 4 is 27.2 Å². The fraction of sp³-hybridized carbons (Fsp3) is 0.400.